The maximum Gasteiger partial charge on any atom is 0.210 e. The van der Waals surface area contributed by atoms with E-state index in [-0.39, 0.29) is 9.79 Å². The quantitative estimate of drug-likeness (QED) is 0.896. The monoisotopic (exact) mass is 352 g/mol. The lowest BCUT2D eigenvalue weighted by Crippen LogP contribution is -2.12. The molecule has 1 aliphatic rings. The Balaban J connectivity index is 2.16. The molecule has 3 rings (SSSR count). The molecule has 2 aromatic rings. The Morgan fingerprint density at radius 2 is 1.70 bits per heavy atom. The Kier molecular flexibility index (Phi) is 4.19. The lowest BCUT2D eigenvalue weighted by molar-refractivity contribution is 0.515. The number of rotatable bonds is 3. The molecule has 1 aromatic carbocycles. The number of nitrogen functional groups attached to an aromatic ring is 1. The van der Waals surface area contributed by atoms with Crippen molar-refractivity contribution in [3.63, 3.8) is 0 Å². The van der Waals surface area contributed by atoms with E-state index in [1.807, 2.05) is 18.4 Å². The Hall–Kier alpha value is -1.46. The molecule has 0 saturated heterocycles. The van der Waals surface area contributed by atoms with E-state index >= 15 is 0 Å². The number of aromatic nitrogens is 1. The minimum absolute atomic E-state index is 0.222. The van der Waals surface area contributed by atoms with E-state index in [0.29, 0.717) is 16.9 Å². The molecule has 4 nitrogen and oxygen atoms in total. The van der Waals surface area contributed by atoms with Crippen LogP contribution in [0.15, 0.2) is 34.1 Å². The molecule has 23 heavy (non-hydrogen) atoms. The van der Waals surface area contributed by atoms with Crippen LogP contribution in [0.3, 0.4) is 0 Å². The summed E-state index contributed by atoms with van der Waals surface area (Å²) in [4.78, 5) is 0.462. The lowest BCUT2D eigenvalue weighted by atomic mass is 10.2. The summed E-state index contributed by atoms with van der Waals surface area (Å²) in [6, 6.07) is 6.53. The molecule has 1 aliphatic carbocycles. The van der Waals surface area contributed by atoms with E-state index in [9.17, 15) is 8.42 Å². The summed E-state index contributed by atoms with van der Waals surface area (Å²) in [6.45, 7) is 3.78. The molecule has 0 spiro atoms. The number of halogens is 1. The van der Waals surface area contributed by atoms with Crippen molar-refractivity contribution in [3.05, 3.63) is 40.5 Å². The summed E-state index contributed by atoms with van der Waals surface area (Å²) in [7, 11) is -3.65. The normalized spacial score (nSPS) is 16.1. The Morgan fingerprint density at radius 1 is 1.13 bits per heavy atom. The maximum absolute atomic E-state index is 13.0. The van der Waals surface area contributed by atoms with Crippen LogP contribution in [0.4, 0.5) is 5.82 Å². The number of sulfone groups is 1. The molecule has 2 N–H and O–H groups in total. The molecular formula is C17H21ClN2O2S. The number of nitrogens with two attached hydrogens (primary N) is 1. The number of nitrogens with zero attached hydrogens (tertiary/aromatic N) is 1. The van der Waals surface area contributed by atoms with Crippen molar-refractivity contribution in [2.45, 2.75) is 55.4 Å². The van der Waals surface area contributed by atoms with E-state index in [0.717, 1.165) is 24.1 Å². The van der Waals surface area contributed by atoms with Gasteiger partial charge in [-0.05, 0) is 56.5 Å². The average Bonchev–Trinajstić information content (AvgIpc) is 3.08. The molecule has 0 aliphatic heterocycles. The molecule has 0 unspecified atom stereocenters. The zero-order valence-electron chi connectivity index (χ0n) is 13.3. The zero-order chi connectivity index (χ0) is 16.8. The first-order chi connectivity index (χ1) is 10.8. The third-order valence-electron chi connectivity index (χ3n) is 4.82. The summed E-state index contributed by atoms with van der Waals surface area (Å²) < 4.78 is 28.1. The molecule has 124 valence electrons. The average molecular weight is 353 g/mol. The summed E-state index contributed by atoms with van der Waals surface area (Å²) in [5.41, 5.74) is 7.98. The third kappa shape index (κ3) is 2.66. The highest BCUT2D eigenvalue weighted by Gasteiger charge is 2.31. The molecule has 0 bridgehead atoms. The predicted octanol–water partition coefficient (Wildman–Crippen LogP) is 4.29. The van der Waals surface area contributed by atoms with Gasteiger partial charge in [-0.3, -0.25) is 0 Å². The first kappa shape index (κ1) is 16.4. The van der Waals surface area contributed by atoms with Gasteiger partial charge in [-0.1, -0.05) is 24.4 Å². The lowest BCUT2D eigenvalue weighted by Gasteiger charge is -2.16. The van der Waals surface area contributed by atoms with Crippen molar-refractivity contribution in [1.82, 2.24) is 4.57 Å². The van der Waals surface area contributed by atoms with Crippen molar-refractivity contribution in [2.24, 2.45) is 0 Å². The van der Waals surface area contributed by atoms with Crippen molar-refractivity contribution in [1.29, 1.82) is 0 Å². The van der Waals surface area contributed by atoms with Crippen molar-refractivity contribution < 1.29 is 8.42 Å². The molecule has 6 heteroatoms. The van der Waals surface area contributed by atoms with Crippen LogP contribution in [-0.2, 0) is 9.84 Å². The number of anilines is 1. The Labute approximate surface area is 142 Å². The number of hydrogen-bond acceptors (Lipinski definition) is 3. The van der Waals surface area contributed by atoms with Crippen LogP contribution in [0, 0.1) is 13.8 Å². The van der Waals surface area contributed by atoms with E-state index in [1.54, 1.807) is 12.1 Å². The minimum Gasteiger partial charge on any atom is -0.384 e. The van der Waals surface area contributed by atoms with Gasteiger partial charge in [0.2, 0.25) is 9.84 Å². The first-order valence-corrected chi connectivity index (χ1v) is 9.67. The van der Waals surface area contributed by atoms with Gasteiger partial charge in [0.05, 0.1) is 4.90 Å². The van der Waals surface area contributed by atoms with Crippen LogP contribution < -0.4 is 5.73 Å². The highest BCUT2D eigenvalue weighted by Crippen LogP contribution is 2.40. The second kappa shape index (κ2) is 5.87. The smallest absolute Gasteiger partial charge is 0.210 e. The minimum atomic E-state index is -3.65. The van der Waals surface area contributed by atoms with Crippen LogP contribution >= 0.6 is 11.6 Å². The van der Waals surface area contributed by atoms with Crippen LogP contribution in [0.2, 0.25) is 5.02 Å². The van der Waals surface area contributed by atoms with Gasteiger partial charge in [0.1, 0.15) is 10.7 Å². The van der Waals surface area contributed by atoms with Gasteiger partial charge in [-0.25, -0.2) is 8.42 Å². The molecule has 1 fully saturated rings. The van der Waals surface area contributed by atoms with E-state index < -0.39 is 9.84 Å². The number of hydrogen-bond donors (Lipinski definition) is 1. The Bertz CT molecular complexity index is 832. The van der Waals surface area contributed by atoms with Gasteiger partial charge in [-0.2, -0.15) is 0 Å². The van der Waals surface area contributed by atoms with E-state index in [1.165, 1.54) is 25.0 Å². The van der Waals surface area contributed by atoms with Crippen molar-refractivity contribution >= 4 is 27.3 Å². The maximum atomic E-state index is 13.0. The zero-order valence-corrected chi connectivity index (χ0v) is 14.9. The van der Waals surface area contributed by atoms with Crippen LogP contribution in [0.5, 0.6) is 0 Å². The molecular weight excluding hydrogens is 332 g/mol. The molecule has 0 atom stereocenters. The van der Waals surface area contributed by atoms with Gasteiger partial charge in [0, 0.05) is 16.8 Å². The summed E-state index contributed by atoms with van der Waals surface area (Å²) in [6.07, 6.45) is 4.44. The fraction of sp³-hybridized carbons (Fsp3) is 0.412. The summed E-state index contributed by atoms with van der Waals surface area (Å²) in [5, 5.41) is 0.508. The molecule has 1 saturated carbocycles. The second-order valence-electron chi connectivity index (χ2n) is 6.19. The van der Waals surface area contributed by atoms with Gasteiger partial charge in [0.15, 0.2) is 0 Å². The van der Waals surface area contributed by atoms with Gasteiger partial charge >= 0.3 is 0 Å². The van der Waals surface area contributed by atoms with E-state index in [4.69, 9.17) is 17.3 Å². The molecule has 0 radical (unpaired) electrons. The van der Waals surface area contributed by atoms with Crippen LogP contribution in [0.25, 0.3) is 0 Å². The van der Waals surface area contributed by atoms with Gasteiger partial charge in [-0.15, -0.1) is 0 Å². The van der Waals surface area contributed by atoms with Crippen molar-refractivity contribution in [3.8, 4) is 0 Å². The summed E-state index contributed by atoms with van der Waals surface area (Å²) in [5.74, 6) is 0.363. The van der Waals surface area contributed by atoms with Crippen molar-refractivity contribution in [2.75, 3.05) is 5.73 Å². The van der Waals surface area contributed by atoms with Crippen LogP contribution in [-0.4, -0.2) is 13.0 Å². The Morgan fingerprint density at radius 3 is 2.26 bits per heavy atom. The van der Waals surface area contributed by atoms with Crippen LogP contribution in [0.1, 0.15) is 43.0 Å². The highest BCUT2D eigenvalue weighted by molar-refractivity contribution is 7.91. The first-order valence-electron chi connectivity index (χ1n) is 7.81. The van der Waals surface area contributed by atoms with Gasteiger partial charge in [0.25, 0.3) is 0 Å². The standard InChI is InChI=1S/C17H21ClN2O2S/c1-11-12(2)20(14-5-3-4-6-14)17(19)16(11)23(21,22)15-9-7-13(18)8-10-15/h7-10,14H,3-6,19H2,1-2H3. The van der Waals surface area contributed by atoms with Gasteiger partial charge < -0.3 is 10.3 Å². The number of benzene rings is 1. The predicted molar refractivity (Wildman–Crippen MR) is 92.7 cm³/mol. The highest BCUT2D eigenvalue weighted by atomic mass is 35.5. The fourth-order valence-electron chi connectivity index (χ4n) is 3.53. The summed E-state index contributed by atoms with van der Waals surface area (Å²) >= 11 is 5.86. The molecule has 0 amide bonds. The van der Waals surface area contributed by atoms with E-state index in [2.05, 4.69) is 0 Å². The SMILES string of the molecule is Cc1c(S(=O)(=O)c2ccc(Cl)cc2)c(N)n(C2CCCC2)c1C. The molecule has 1 aromatic heterocycles. The second-order valence-corrected chi connectivity index (χ2v) is 8.51. The topological polar surface area (TPSA) is 65.1 Å². The largest absolute Gasteiger partial charge is 0.384 e. The molecule has 1 heterocycles. The third-order valence-corrected chi connectivity index (χ3v) is 7.02. The fourth-order valence-corrected chi connectivity index (χ4v) is 5.31.